The van der Waals surface area contributed by atoms with Crippen LogP contribution < -0.4 is 0 Å². The molecule has 0 aromatic heterocycles. The minimum atomic E-state index is -3.64. The summed E-state index contributed by atoms with van der Waals surface area (Å²) in [7, 11) is -3.64. The predicted molar refractivity (Wildman–Crippen MR) is 105 cm³/mol. The lowest BCUT2D eigenvalue weighted by Gasteiger charge is -2.32. The maximum atomic E-state index is 13.0. The Morgan fingerprint density at radius 3 is 2.57 bits per heavy atom. The van der Waals surface area contributed by atoms with Crippen LogP contribution in [0, 0.1) is 5.92 Å². The molecular weight excluding hydrogens is 404 g/mol. The van der Waals surface area contributed by atoms with Gasteiger partial charge < -0.3 is 9.64 Å². The lowest BCUT2D eigenvalue weighted by atomic mass is 9.97. The molecule has 2 aliphatic rings. The van der Waals surface area contributed by atoms with Crippen molar-refractivity contribution in [3.8, 4) is 0 Å². The quantitative estimate of drug-likeness (QED) is 0.673. The van der Waals surface area contributed by atoms with Gasteiger partial charge in [-0.05, 0) is 50.8 Å². The van der Waals surface area contributed by atoms with Crippen molar-refractivity contribution in [1.29, 1.82) is 0 Å². The summed E-state index contributed by atoms with van der Waals surface area (Å²) in [5.41, 5.74) is 0.145. The van der Waals surface area contributed by atoms with Crippen LogP contribution in [-0.2, 0) is 19.6 Å². The van der Waals surface area contributed by atoms with Gasteiger partial charge in [0, 0.05) is 26.2 Å². The SMILES string of the molecule is CCOC(=O)C1CCCN(C(=O)c2cc(S(=O)(=O)N3CCCC3)ccc2Cl)C1. The molecule has 2 fully saturated rings. The average Bonchev–Trinajstić information content (AvgIpc) is 3.24. The monoisotopic (exact) mass is 428 g/mol. The maximum Gasteiger partial charge on any atom is 0.310 e. The molecule has 7 nitrogen and oxygen atoms in total. The second-order valence-electron chi connectivity index (χ2n) is 7.10. The molecule has 1 unspecified atom stereocenters. The van der Waals surface area contributed by atoms with Gasteiger partial charge in [-0.2, -0.15) is 4.31 Å². The highest BCUT2D eigenvalue weighted by Crippen LogP contribution is 2.28. The van der Waals surface area contributed by atoms with Gasteiger partial charge in [-0.25, -0.2) is 8.42 Å². The first-order valence-electron chi connectivity index (χ1n) is 9.60. The van der Waals surface area contributed by atoms with Crippen LogP contribution in [0.5, 0.6) is 0 Å². The van der Waals surface area contributed by atoms with Crippen molar-refractivity contribution in [1.82, 2.24) is 9.21 Å². The average molecular weight is 429 g/mol. The topological polar surface area (TPSA) is 84.0 Å². The van der Waals surface area contributed by atoms with Gasteiger partial charge in [0.2, 0.25) is 10.0 Å². The number of amides is 1. The van der Waals surface area contributed by atoms with E-state index < -0.39 is 10.0 Å². The Balaban J connectivity index is 1.82. The molecule has 0 spiro atoms. The van der Waals surface area contributed by atoms with Crippen molar-refractivity contribution >= 4 is 33.5 Å². The summed E-state index contributed by atoms with van der Waals surface area (Å²) < 4.78 is 32.1. The zero-order valence-electron chi connectivity index (χ0n) is 15.9. The third kappa shape index (κ3) is 4.34. The van der Waals surface area contributed by atoms with E-state index in [1.54, 1.807) is 11.8 Å². The van der Waals surface area contributed by atoms with Crippen molar-refractivity contribution in [2.45, 2.75) is 37.5 Å². The van der Waals surface area contributed by atoms with E-state index in [0.29, 0.717) is 39.1 Å². The predicted octanol–water partition coefficient (Wildman–Crippen LogP) is 2.54. The van der Waals surface area contributed by atoms with Gasteiger partial charge in [-0.3, -0.25) is 9.59 Å². The molecule has 0 saturated carbocycles. The summed E-state index contributed by atoms with van der Waals surface area (Å²) in [5.74, 6) is -1.04. The number of nitrogens with zero attached hydrogens (tertiary/aromatic N) is 2. The van der Waals surface area contributed by atoms with Crippen LogP contribution in [0.4, 0.5) is 0 Å². The Labute approximate surface area is 170 Å². The number of ether oxygens (including phenoxy) is 1. The van der Waals surface area contributed by atoms with Crippen molar-refractivity contribution in [2.24, 2.45) is 5.92 Å². The zero-order valence-corrected chi connectivity index (χ0v) is 17.5. The summed E-state index contributed by atoms with van der Waals surface area (Å²) in [5, 5.41) is 0.198. The molecule has 1 atom stereocenters. The summed E-state index contributed by atoms with van der Waals surface area (Å²) in [6.45, 7) is 3.76. The highest BCUT2D eigenvalue weighted by Gasteiger charge is 2.32. The Morgan fingerprint density at radius 2 is 1.89 bits per heavy atom. The summed E-state index contributed by atoms with van der Waals surface area (Å²) in [6, 6.07) is 4.24. The first kappa shape index (κ1) is 21.1. The van der Waals surface area contributed by atoms with E-state index in [-0.39, 0.29) is 39.8 Å². The van der Waals surface area contributed by atoms with E-state index in [2.05, 4.69) is 0 Å². The van der Waals surface area contributed by atoms with Crippen LogP contribution in [0.2, 0.25) is 5.02 Å². The number of benzene rings is 1. The van der Waals surface area contributed by atoms with Gasteiger partial charge in [0.15, 0.2) is 0 Å². The van der Waals surface area contributed by atoms with E-state index in [1.165, 1.54) is 22.5 Å². The summed E-state index contributed by atoms with van der Waals surface area (Å²) in [4.78, 5) is 26.7. The molecule has 2 aliphatic heterocycles. The van der Waals surface area contributed by atoms with E-state index in [0.717, 1.165) is 12.8 Å². The maximum absolute atomic E-state index is 13.0. The molecule has 28 heavy (non-hydrogen) atoms. The zero-order chi connectivity index (χ0) is 20.3. The minimum Gasteiger partial charge on any atom is -0.466 e. The van der Waals surface area contributed by atoms with E-state index >= 15 is 0 Å². The molecule has 0 radical (unpaired) electrons. The molecule has 0 N–H and O–H groups in total. The van der Waals surface area contributed by atoms with Gasteiger partial charge in [0.1, 0.15) is 0 Å². The molecule has 0 aliphatic carbocycles. The Hall–Kier alpha value is -1.64. The first-order valence-corrected chi connectivity index (χ1v) is 11.4. The second-order valence-corrected chi connectivity index (χ2v) is 9.44. The number of carbonyl (C=O) groups excluding carboxylic acids is 2. The van der Waals surface area contributed by atoms with Crippen molar-refractivity contribution in [3.05, 3.63) is 28.8 Å². The van der Waals surface area contributed by atoms with Crippen LogP contribution in [-0.4, -0.2) is 62.3 Å². The third-order valence-electron chi connectivity index (χ3n) is 5.20. The van der Waals surface area contributed by atoms with Crippen molar-refractivity contribution in [2.75, 3.05) is 32.8 Å². The number of piperidine rings is 1. The first-order chi connectivity index (χ1) is 13.3. The van der Waals surface area contributed by atoms with E-state index in [9.17, 15) is 18.0 Å². The lowest BCUT2D eigenvalue weighted by Crippen LogP contribution is -2.43. The Kier molecular flexibility index (Phi) is 6.62. The fourth-order valence-corrected chi connectivity index (χ4v) is 5.43. The van der Waals surface area contributed by atoms with Gasteiger partial charge >= 0.3 is 5.97 Å². The van der Waals surface area contributed by atoms with Gasteiger partial charge in [0.25, 0.3) is 5.91 Å². The minimum absolute atomic E-state index is 0.0705. The number of carbonyl (C=O) groups is 2. The molecule has 2 saturated heterocycles. The van der Waals surface area contributed by atoms with Crippen molar-refractivity contribution in [3.63, 3.8) is 0 Å². The number of likely N-dealkylation sites (tertiary alicyclic amines) is 1. The van der Waals surface area contributed by atoms with Gasteiger partial charge in [-0.1, -0.05) is 11.6 Å². The van der Waals surface area contributed by atoms with Gasteiger partial charge in [0.05, 0.1) is 28.0 Å². The lowest BCUT2D eigenvalue weighted by molar-refractivity contribution is -0.149. The standard InChI is InChI=1S/C19H25ClN2O5S/c1-2-27-19(24)14-6-5-9-21(13-14)18(23)16-12-15(7-8-17(16)20)28(25,26)22-10-3-4-11-22/h7-8,12,14H,2-6,9-11,13H2,1H3. The van der Waals surface area contributed by atoms with Crippen LogP contribution >= 0.6 is 11.6 Å². The number of sulfonamides is 1. The number of hydrogen-bond donors (Lipinski definition) is 0. The Morgan fingerprint density at radius 1 is 1.18 bits per heavy atom. The highest BCUT2D eigenvalue weighted by molar-refractivity contribution is 7.89. The summed E-state index contributed by atoms with van der Waals surface area (Å²) in [6.07, 6.45) is 3.02. The molecule has 9 heteroatoms. The normalized spacial score (nSPS) is 20.9. The number of rotatable bonds is 5. The van der Waals surface area contributed by atoms with Crippen LogP contribution in [0.1, 0.15) is 43.0 Å². The molecule has 154 valence electrons. The van der Waals surface area contributed by atoms with Crippen LogP contribution in [0.15, 0.2) is 23.1 Å². The highest BCUT2D eigenvalue weighted by atomic mass is 35.5. The van der Waals surface area contributed by atoms with E-state index in [1.807, 2.05) is 0 Å². The number of esters is 1. The molecule has 3 rings (SSSR count). The molecule has 1 amide bonds. The third-order valence-corrected chi connectivity index (χ3v) is 7.42. The van der Waals surface area contributed by atoms with Crippen molar-refractivity contribution < 1.29 is 22.7 Å². The Bertz CT molecular complexity index is 852. The van der Waals surface area contributed by atoms with Gasteiger partial charge in [-0.15, -0.1) is 0 Å². The fraction of sp³-hybridized carbons (Fsp3) is 0.579. The van der Waals surface area contributed by atoms with E-state index in [4.69, 9.17) is 16.3 Å². The van der Waals surface area contributed by atoms with Crippen LogP contribution in [0.25, 0.3) is 0 Å². The molecule has 1 aromatic carbocycles. The van der Waals surface area contributed by atoms with Crippen LogP contribution in [0.3, 0.4) is 0 Å². The number of hydrogen-bond acceptors (Lipinski definition) is 5. The fourth-order valence-electron chi connectivity index (χ4n) is 3.69. The molecule has 1 aromatic rings. The summed E-state index contributed by atoms with van der Waals surface area (Å²) >= 11 is 6.22. The smallest absolute Gasteiger partial charge is 0.310 e. The molecular formula is C19H25ClN2O5S. The molecule has 2 heterocycles. The number of halogens is 1. The largest absolute Gasteiger partial charge is 0.466 e. The second kappa shape index (κ2) is 8.80. The molecule has 0 bridgehead atoms.